The van der Waals surface area contributed by atoms with Crippen LogP contribution in [0.25, 0.3) is 0 Å². The van der Waals surface area contributed by atoms with Gasteiger partial charge in [0.2, 0.25) is 5.91 Å². The zero-order chi connectivity index (χ0) is 15.3. The fraction of sp³-hybridized carbons (Fsp3) is 0.429. The standard InChI is InChI=1S/C14H18ClNO4/c1-14(2,9-4-6-10(15)7-5-9)13(19)16-8-11(20-3)12(17)18/h4-7,11H,8H2,1-3H3,(H,16,19)(H,17,18). The highest BCUT2D eigenvalue weighted by molar-refractivity contribution is 6.30. The van der Waals surface area contributed by atoms with Gasteiger partial charge in [0, 0.05) is 12.1 Å². The van der Waals surface area contributed by atoms with Crippen LogP contribution in [-0.2, 0) is 19.7 Å². The summed E-state index contributed by atoms with van der Waals surface area (Å²) in [4.78, 5) is 23.0. The van der Waals surface area contributed by atoms with Gasteiger partial charge in [0.1, 0.15) is 0 Å². The number of aliphatic carboxylic acids is 1. The van der Waals surface area contributed by atoms with Crippen molar-refractivity contribution in [2.75, 3.05) is 13.7 Å². The third kappa shape index (κ3) is 3.95. The summed E-state index contributed by atoms with van der Waals surface area (Å²) in [6, 6.07) is 6.96. The van der Waals surface area contributed by atoms with Gasteiger partial charge in [-0.25, -0.2) is 4.79 Å². The van der Waals surface area contributed by atoms with Crippen LogP contribution in [-0.4, -0.2) is 36.7 Å². The third-order valence-corrected chi connectivity index (χ3v) is 3.39. The van der Waals surface area contributed by atoms with Crippen molar-refractivity contribution in [3.8, 4) is 0 Å². The Bertz CT molecular complexity index is 484. The fourth-order valence-electron chi connectivity index (χ4n) is 1.68. The smallest absolute Gasteiger partial charge is 0.334 e. The van der Waals surface area contributed by atoms with Gasteiger partial charge in [-0.3, -0.25) is 4.79 Å². The summed E-state index contributed by atoms with van der Waals surface area (Å²) < 4.78 is 4.76. The third-order valence-electron chi connectivity index (χ3n) is 3.14. The minimum absolute atomic E-state index is 0.0817. The van der Waals surface area contributed by atoms with Gasteiger partial charge in [-0.2, -0.15) is 0 Å². The highest BCUT2D eigenvalue weighted by Crippen LogP contribution is 2.24. The molecule has 110 valence electrons. The predicted molar refractivity (Wildman–Crippen MR) is 75.9 cm³/mol. The lowest BCUT2D eigenvalue weighted by Crippen LogP contribution is -2.45. The second kappa shape index (κ2) is 6.72. The Morgan fingerprint density at radius 1 is 1.35 bits per heavy atom. The number of carboxylic acids is 1. The van der Waals surface area contributed by atoms with E-state index in [0.29, 0.717) is 5.02 Å². The summed E-state index contributed by atoms with van der Waals surface area (Å²) in [6.07, 6.45) is -1.06. The molecule has 0 fully saturated rings. The van der Waals surface area contributed by atoms with Crippen molar-refractivity contribution in [2.45, 2.75) is 25.4 Å². The van der Waals surface area contributed by atoms with Gasteiger partial charge in [0.05, 0.1) is 12.0 Å². The van der Waals surface area contributed by atoms with Crippen molar-refractivity contribution in [2.24, 2.45) is 0 Å². The van der Waals surface area contributed by atoms with Gasteiger partial charge in [-0.05, 0) is 31.5 Å². The molecule has 1 aromatic carbocycles. The zero-order valence-corrected chi connectivity index (χ0v) is 12.4. The molecule has 1 atom stereocenters. The number of amides is 1. The molecule has 0 bridgehead atoms. The summed E-state index contributed by atoms with van der Waals surface area (Å²) in [5, 5.41) is 12.0. The second-order valence-corrected chi connectivity index (χ2v) is 5.34. The highest BCUT2D eigenvalue weighted by atomic mass is 35.5. The van der Waals surface area contributed by atoms with Crippen molar-refractivity contribution in [1.82, 2.24) is 5.32 Å². The first-order valence-electron chi connectivity index (χ1n) is 6.09. The van der Waals surface area contributed by atoms with Gasteiger partial charge in [-0.15, -0.1) is 0 Å². The number of benzene rings is 1. The van der Waals surface area contributed by atoms with E-state index in [0.717, 1.165) is 5.56 Å². The van der Waals surface area contributed by atoms with E-state index in [1.807, 2.05) is 0 Å². The molecule has 0 spiro atoms. The molecule has 0 aliphatic carbocycles. The topological polar surface area (TPSA) is 75.6 Å². The van der Waals surface area contributed by atoms with E-state index < -0.39 is 17.5 Å². The fourth-order valence-corrected chi connectivity index (χ4v) is 1.80. The molecule has 0 aliphatic rings. The Morgan fingerprint density at radius 2 is 1.90 bits per heavy atom. The van der Waals surface area contributed by atoms with Crippen LogP contribution in [0.3, 0.4) is 0 Å². The lowest BCUT2D eigenvalue weighted by atomic mass is 9.84. The summed E-state index contributed by atoms with van der Waals surface area (Å²) >= 11 is 5.82. The van der Waals surface area contributed by atoms with Gasteiger partial charge in [0.15, 0.2) is 6.10 Å². The molecule has 0 saturated carbocycles. The zero-order valence-electron chi connectivity index (χ0n) is 11.6. The second-order valence-electron chi connectivity index (χ2n) is 4.90. The Kier molecular flexibility index (Phi) is 5.53. The quantitative estimate of drug-likeness (QED) is 0.840. The maximum atomic E-state index is 12.2. The number of hydrogen-bond acceptors (Lipinski definition) is 3. The largest absolute Gasteiger partial charge is 0.479 e. The van der Waals surface area contributed by atoms with Crippen molar-refractivity contribution in [3.05, 3.63) is 34.9 Å². The van der Waals surface area contributed by atoms with Crippen LogP contribution in [0, 0.1) is 0 Å². The predicted octanol–water partition coefficient (Wildman–Crippen LogP) is 1.83. The molecule has 2 N–H and O–H groups in total. The average molecular weight is 300 g/mol. The summed E-state index contributed by atoms with van der Waals surface area (Å²) in [5.74, 6) is -1.39. The molecule has 0 radical (unpaired) electrons. The number of carboxylic acid groups (broad SMARTS) is 1. The van der Waals surface area contributed by atoms with Crippen LogP contribution in [0.2, 0.25) is 5.02 Å². The monoisotopic (exact) mass is 299 g/mol. The van der Waals surface area contributed by atoms with E-state index in [9.17, 15) is 9.59 Å². The molecule has 0 aromatic heterocycles. The van der Waals surface area contributed by atoms with Crippen molar-refractivity contribution in [3.63, 3.8) is 0 Å². The minimum atomic E-state index is -1.11. The van der Waals surface area contributed by atoms with Crippen molar-refractivity contribution in [1.29, 1.82) is 0 Å². The van der Waals surface area contributed by atoms with Gasteiger partial charge >= 0.3 is 5.97 Å². The van der Waals surface area contributed by atoms with Crippen molar-refractivity contribution < 1.29 is 19.4 Å². The molecule has 1 rings (SSSR count). The first-order chi connectivity index (χ1) is 9.28. The maximum absolute atomic E-state index is 12.2. The number of methoxy groups -OCH3 is 1. The lowest BCUT2D eigenvalue weighted by molar-refractivity contribution is -0.148. The molecule has 0 saturated heterocycles. The molecular formula is C14H18ClNO4. The Balaban J connectivity index is 2.74. The first kappa shape index (κ1) is 16.5. The molecule has 1 unspecified atom stereocenters. The van der Waals surface area contributed by atoms with Crippen LogP contribution in [0.4, 0.5) is 0 Å². The first-order valence-corrected chi connectivity index (χ1v) is 6.46. The lowest BCUT2D eigenvalue weighted by Gasteiger charge is -2.25. The Labute approximate surface area is 122 Å². The summed E-state index contributed by atoms with van der Waals surface area (Å²) in [5.41, 5.74) is 0.00479. The van der Waals surface area contributed by atoms with Crippen LogP contribution in [0.1, 0.15) is 19.4 Å². The van der Waals surface area contributed by atoms with Crippen LogP contribution in [0.5, 0.6) is 0 Å². The number of carbonyl (C=O) groups excluding carboxylic acids is 1. The van der Waals surface area contributed by atoms with E-state index in [4.69, 9.17) is 21.4 Å². The molecule has 0 heterocycles. The molecule has 0 aliphatic heterocycles. The van der Waals surface area contributed by atoms with E-state index in [2.05, 4.69) is 5.32 Å². The van der Waals surface area contributed by atoms with E-state index >= 15 is 0 Å². The Morgan fingerprint density at radius 3 is 2.35 bits per heavy atom. The number of nitrogens with one attached hydrogen (secondary N) is 1. The maximum Gasteiger partial charge on any atom is 0.334 e. The normalized spacial score (nSPS) is 12.8. The average Bonchev–Trinajstić information content (AvgIpc) is 2.39. The number of hydrogen-bond donors (Lipinski definition) is 2. The van der Waals surface area contributed by atoms with E-state index in [-0.39, 0.29) is 12.5 Å². The minimum Gasteiger partial charge on any atom is -0.479 e. The summed E-state index contributed by atoms with van der Waals surface area (Å²) in [7, 11) is 1.29. The van der Waals surface area contributed by atoms with E-state index in [1.165, 1.54) is 7.11 Å². The highest BCUT2D eigenvalue weighted by Gasteiger charge is 2.30. The van der Waals surface area contributed by atoms with Crippen LogP contribution < -0.4 is 5.32 Å². The molecule has 6 heteroatoms. The SMILES string of the molecule is COC(CNC(=O)C(C)(C)c1ccc(Cl)cc1)C(=O)O. The van der Waals surface area contributed by atoms with E-state index in [1.54, 1.807) is 38.1 Å². The number of rotatable bonds is 6. The van der Waals surface area contributed by atoms with Gasteiger partial charge in [0.25, 0.3) is 0 Å². The summed E-state index contributed by atoms with van der Waals surface area (Å²) in [6.45, 7) is 3.43. The number of carbonyl (C=O) groups is 2. The van der Waals surface area contributed by atoms with Gasteiger partial charge in [-0.1, -0.05) is 23.7 Å². The van der Waals surface area contributed by atoms with Crippen LogP contribution in [0.15, 0.2) is 24.3 Å². The number of halogens is 1. The molecular weight excluding hydrogens is 282 g/mol. The number of ether oxygens (including phenoxy) is 1. The molecule has 20 heavy (non-hydrogen) atoms. The Hall–Kier alpha value is -1.59. The molecule has 1 aromatic rings. The molecule has 5 nitrogen and oxygen atoms in total. The van der Waals surface area contributed by atoms with Gasteiger partial charge < -0.3 is 15.2 Å². The van der Waals surface area contributed by atoms with Crippen LogP contribution >= 0.6 is 11.6 Å². The van der Waals surface area contributed by atoms with Crippen molar-refractivity contribution >= 4 is 23.5 Å². The molecule has 1 amide bonds.